The molecule has 0 fully saturated rings. The molecule has 4 aromatic carbocycles. The molecular formula is C24H13BrCl2N2O2. The molecule has 0 aliphatic carbocycles. The van der Waals surface area contributed by atoms with Gasteiger partial charge in [0.05, 0.1) is 10.7 Å². The maximum Gasteiger partial charge on any atom is 0.256 e. The van der Waals surface area contributed by atoms with Crippen molar-refractivity contribution in [3.63, 3.8) is 0 Å². The SMILES string of the molecule is O=C(Nc1cc(-c2nc3cc(Cl)ccc3o2)ccc1Cl)c1cccc2c(Br)cccc12. The molecule has 7 heteroatoms. The minimum Gasteiger partial charge on any atom is -0.436 e. The molecule has 1 heterocycles. The van der Waals surface area contributed by atoms with Gasteiger partial charge >= 0.3 is 0 Å². The van der Waals surface area contributed by atoms with Crippen molar-refractivity contribution < 1.29 is 9.21 Å². The van der Waals surface area contributed by atoms with E-state index in [0.717, 1.165) is 15.2 Å². The van der Waals surface area contributed by atoms with E-state index in [4.69, 9.17) is 27.6 Å². The van der Waals surface area contributed by atoms with Crippen LogP contribution in [0.2, 0.25) is 10.0 Å². The first-order valence-corrected chi connectivity index (χ1v) is 10.9. The number of halogens is 3. The maximum atomic E-state index is 13.1. The molecule has 1 N–H and O–H groups in total. The van der Waals surface area contributed by atoms with Crippen LogP contribution in [0.4, 0.5) is 5.69 Å². The fourth-order valence-electron chi connectivity index (χ4n) is 3.44. The second kappa shape index (κ2) is 8.00. The van der Waals surface area contributed by atoms with Crippen molar-refractivity contribution in [3.8, 4) is 11.5 Å². The van der Waals surface area contributed by atoms with Crippen LogP contribution < -0.4 is 5.32 Å². The van der Waals surface area contributed by atoms with Crippen LogP contribution in [0.15, 0.2) is 81.7 Å². The number of nitrogens with one attached hydrogen (secondary N) is 1. The van der Waals surface area contributed by atoms with Crippen LogP contribution in [-0.2, 0) is 0 Å². The summed E-state index contributed by atoms with van der Waals surface area (Å²) in [6, 6.07) is 21.8. The van der Waals surface area contributed by atoms with Crippen molar-refractivity contribution in [1.82, 2.24) is 4.98 Å². The van der Waals surface area contributed by atoms with Gasteiger partial charge in [-0.05, 0) is 59.3 Å². The highest BCUT2D eigenvalue weighted by Gasteiger charge is 2.15. The summed E-state index contributed by atoms with van der Waals surface area (Å²) in [5.74, 6) is 0.158. The van der Waals surface area contributed by atoms with Crippen molar-refractivity contribution in [2.24, 2.45) is 0 Å². The summed E-state index contributed by atoms with van der Waals surface area (Å²) in [6.07, 6.45) is 0. The van der Waals surface area contributed by atoms with E-state index in [-0.39, 0.29) is 5.91 Å². The van der Waals surface area contributed by atoms with Crippen molar-refractivity contribution >= 4 is 72.6 Å². The van der Waals surface area contributed by atoms with Crippen molar-refractivity contribution in [2.75, 3.05) is 5.32 Å². The Balaban J connectivity index is 1.51. The van der Waals surface area contributed by atoms with E-state index in [2.05, 4.69) is 26.2 Å². The lowest BCUT2D eigenvalue weighted by atomic mass is 10.0. The lowest BCUT2D eigenvalue weighted by molar-refractivity contribution is 0.102. The Bertz CT molecular complexity index is 1480. The first-order valence-electron chi connectivity index (χ1n) is 9.34. The summed E-state index contributed by atoms with van der Waals surface area (Å²) in [5, 5.41) is 5.71. The van der Waals surface area contributed by atoms with E-state index in [1.807, 2.05) is 30.3 Å². The van der Waals surface area contributed by atoms with Gasteiger partial charge in [-0.3, -0.25) is 4.79 Å². The molecule has 0 saturated heterocycles. The number of carbonyl (C=O) groups is 1. The summed E-state index contributed by atoms with van der Waals surface area (Å²) in [4.78, 5) is 17.6. The molecule has 0 aliphatic heterocycles. The summed E-state index contributed by atoms with van der Waals surface area (Å²) in [6.45, 7) is 0. The summed E-state index contributed by atoms with van der Waals surface area (Å²) < 4.78 is 6.76. The number of amides is 1. The van der Waals surface area contributed by atoms with Gasteiger partial charge in [0.25, 0.3) is 5.91 Å². The van der Waals surface area contributed by atoms with Gasteiger partial charge in [-0.1, -0.05) is 63.4 Å². The molecule has 152 valence electrons. The Morgan fingerprint density at radius 3 is 2.61 bits per heavy atom. The van der Waals surface area contributed by atoms with Gasteiger partial charge in [0.2, 0.25) is 5.89 Å². The maximum absolute atomic E-state index is 13.1. The zero-order valence-electron chi connectivity index (χ0n) is 15.8. The molecule has 0 bridgehead atoms. The molecular weight excluding hydrogens is 499 g/mol. The van der Waals surface area contributed by atoms with Crippen LogP contribution in [0, 0.1) is 0 Å². The number of oxazole rings is 1. The molecule has 1 aromatic heterocycles. The molecule has 0 radical (unpaired) electrons. The lowest BCUT2D eigenvalue weighted by Gasteiger charge is -2.11. The van der Waals surface area contributed by atoms with Gasteiger partial charge in [0, 0.05) is 20.6 Å². The molecule has 0 aliphatic rings. The Hall–Kier alpha value is -2.86. The van der Waals surface area contributed by atoms with E-state index < -0.39 is 0 Å². The van der Waals surface area contributed by atoms with Crippen molar-refractivity contribution in [1.29, 1.82) is 0 Å². The van der Waals surface area contributed by atoms with Gasteiger partial charge in [-0.25, -0.2) is 4.98 Å². The largest absolute Gasteiger partial charge is 0.436 e. The van der Waals surface area contributed by atoms with E-state index in [0.29, 0.717) is 43.9 Å². The molecule has 0 spiro atoms. The molecule has 31 heavy (non-hydrogen) atoms. The third-order valence-electron chi connectivity index (χ3n) is 4.92. The number of hydrogen-bond donors (Lipinski definition) is 1. The molecule has 0 unspecified atom stereocenters. The lowest BCUT2D eigenvalue weighted by Crippen LogP contribution is -2.12. The molecule has 0 atom stereocenters. The molecule has 1 amide bonds. The van der Waals surface area contributed by atoms with Gasteiger partial charge < -0.3 is 9.73 Å². The number of aromatic nitrogens is 1. The minimum atomic E-state index is -0.257. The van der Waals surface area contributed by atoms with Gasteiger partial charge in [-0.2, -0.15) is 0 Å². The number of carbonyl (C=O) groups excluding carboxylic acids is 1. The number of rotatable bonds is 3. The number of hydrogen-bond acceptors (Lipinski definition) is 3. The highest BCUT2D eigenvalue weighted by atomic mass is 79.9. The third kappa shape index (κ3) is 3.81. The van der Waals surface area contributed by atoms with E-state index >= 15 is 0 Å². The monoisotopic (exact) mass is 510 g/mol. The summed E-state index contributed by atoms with van der Waals surface area (Å²) in [7, 11) is 0. The topological polar surface area (TPSA) is 55.1 Å². The predicted molar refractivity (Wildman–Crippen MR) is 129 cm³/mol. The average molecular weight is 512 g/mol. The Morgan fingerprint density at radius 1 is 0.935 bits per heavy atom. The van der Waals surface area contributed by atoms with Crippen LogP contribution in [-0.4, -0.2) is 10.9 Å². The van der Waals surface area contributed by atoms with Gasteiger partial charge in [-0.15, -0.1) is 0 Å². The van der Waals surface area contributed by atoms with Gasteiger partial charge in [0.15, 0.2) is 5.58 Å². The zero-order valence-corrected chi connectivity index (χ0v) is 18.9. The number of fused-ring (bicyclic) bond motifs is 2. The molecule has 5 rings (SSSR count). The Kier molecular flexibility index (Phi) is 5.18. The quantitative estimate of drug-likeness (QED) is 0.267. The van der Waals surface area contributed by atoms with Crippen LogP contribution in [0.5, 0.6) is 0 Å². The van der Waals surface area contributed by atoms with Crippen molar-refractivity contribution in [2.45, 2.75) is 0 Å². The highest BCUT2D eigenvalue weighted by Crippen LogP contribution is 2.32. The predicted octanol–water partition coefficient (Wildman–Crippen LogP) is 7.97. The normalized spacial score (nSPS) is 11.2. The minimum absolute atomic E-state index is 0.257. The third-order valence-corrected chi connectivity index (χ3v) is 6.18. The highest BCUT2D eigenvalue weighted by molar-refractivity contribution is 9.10. The summed E-state index contributed by atoms with van der Waals surface area (Å²) in [5.41, 5.74) is 2.99. The number of benzene rings is 4. The average Bonchev–Trinajstić information content (AvgIpc) is 3.18. The standard InChI is InChI=1S/C24H13BrCl2N2O2/c25-18-6-2-3-15-16(18)4-1-5-17(15)23(30)28-20-11-13(7-9-19(20)27)24-29-21-12-14(26)8-10-22(21)31-24/h1-12H,(H,28,30). The van der Waals surface area contributed by atoms with Crippen LogP contribution >= 0.6 is 39.1 Å². The second-order valence-electron chi connectivity index (χ2n) is 6.92. The number of nitrogens with zero attached hydrogens (tertiary/aromatic N) is 1. The fraction of sp³-hybridized carbons (Fsp3) is 0. The zero-order chi connectivity index (χ0) is 21.5. The van der Waals surface area contributed by atoms with Crippen LogP contribution in [0.1, 0.15) is 10.4 Å². The Labute approximate surface area is 195 Å². The molecule has 5 aromatic rings. The van der Waals surface area contributed by atoms with Crippen LogP contribution in [0.3, 0.4) is 0 Å². The second-order valence-corrected chi connectivity index (χ2v) is 8.62. The summed E-state index contributed by atoms with van der Waals surface area (Å²) >= 11 is 15.9. The van der Waals surface area contributed by atoms with E-state index in [1.54, 1.807) is 42.5 Å². The first kappa shape index (κ1) is 20.1. The number of anilines is 1. The van der Waals surface area contributed by atoms with Crippen molar-refractivity contribution in [3.05, 3.63) is 92.9 Å². The molecule has 4 nitrogen and oxygen atoms in total. The fourth-order valence-corrected chi connectivity index (χ4v) is 4.27. The van der Waals surface area contributed by atoms with E-state index in [9.17, 15) is 4.79 Å². The van der Waals surface area contributed by atoms with Gasteiger partial charge in [0.1, 0.15) is 5.52 Å². The van der Waals surface area contributed by atoms with Crippen LogP contribution in [0.25, 0.3) is 33.3 Å². The van der Waals surface area contributed by atoms with E-state index in [1.165, 1.54) is 0 Å². The Morgan fingerprint density at radius 2 is 1.74 bits per heavy atom. The first-order chi connectivity index (χ1) is 15.0. The molecule has 0 saturated carbocycles. The smallest absolute Gasteiger partial charge is 0.256 e.